The molecule has 0 heterocycles. The van der Waals surface area contributed by atoms with Crippen molar-refractivity contribution in [3.05, 3.63) is 65.7 Å². The van der Waals surface area contributed by atoms with Crippen LogP contribution < -0.4 is 10.1 Å². The largest absolute Gasteiger partial charge is 0.489 e. The molecular formula is C30H46N2O2. The summed E-state index contributed by atoms with van der Waals surface area (Å²) < 4.78 is 5.95. The Hall–Kier alpha value is -2.33. The van der Waals surface area contributed by atoms with Gasteiger partial charge in [0, 0.05) is 5.54 Å². The van der Waals surface area contributed by atoms with Gasteiger partial charge in [-0.25, -0.2) is 0 Å². The molecule has 0 fully saturated rings. The smallest absolute Gasteiger partial charge is 0.238 e. The number of hydrogen-bond acceptors (Lipinski definition) is 3. The van der Waals surface area contributed by atoms with Gasteiger partial charge in [0.25, 0.3) is 0 Å². The van der Waals surface area contributed by atoms with Gasteiger partial charge in [0.05, 0.1) is 6.04 Å². The molecule has 1 atom stereocenters. The molecule has 2 aromatic rings. The van der Waals surface area contributed by atoms with Gasteiger partial charge >= 0.3 is 0 Å². The minimum atomic E-state index is -0.258. The summed E-state index contributed by atoms with van der Waals surface area (Å²) in [5.41, 5.74) is 2.04. The first-order chi connectivity index (χ1) is 16.0. The Morgan fingerprint density at radius 1 is 0.853 bits per heavy atom. The molecule has 1 N–H and O–H groups in total. The van der Waals surface area contributed by atoms with Gasteiger partial charge in [-0.1, -0.05) is 70.2 Å². The molecule has 2 rings (SSSR count). The lowest BCUT2D eigenvalue weighted by Gasteiger charge is -2.34. The first-order valence-electron chi connectivity index (χ1n) is 12.8. The van der Waals surface area contributed by atoms with E-state index >= 15 is 0 Å². The zero-order chi connectivity index (χ0) is 25.1. The molecule has 0 aliphatic heterocycles. The fraction of sp³-hybridized carbons (Fsp3) is 0.567. The second kappa shape index (κ2) is 13.5. The predicted octanol–water partition coefficient (Wildman–Crippen LogP) is 6.49. The molecule has 0 aromatic heterocycles. The Kier molecular flexibility index (Phi) is 11.1. The summed E-state index contributed by atoms with van der Waals surface area (Å²) in [4.78, 5) is 15.8. The number of amides is 1. The maximum absolute atomic E-state index is 13.4. The number of nitrogens with zero attached hydrogens (tertiary/aromatic N) is 1. The summed E-state index contributed by atoms with van der Waals surface area (Å²) in [5.74, 6) is 2.17. The fourth-order valence-electron chi connectivity index (χ4n) is 3.80. The van der Waals surface area contributed by atoms with Crippen molar-refractivity contribution >= 4 is 5.91 Å². The van der Waals surface area contributed by atoms with Gasteiger partial charge in [-0.2, -0.15) is 0 Å². The Bertz CT molecular complexity index is 826. The highest BCUT2D eigenvalue weighted by Crippen LogP contribution is 2.19. The molecule has 4 heteroatoms. The molecule has 2 aromatic carbocycles. The summed E-state index contributed by atoms with van der Waals surface area (Å²) in [6, 6.07) is 18.2. The summed E-state index contributed by atoms with van der Waals surface area (Å²) in [6.45, 7) is 17.6. The van der Waals surface area contributed by atoms with Crippen molar-refractivity contribution in [2.75, 3.05) is 13.1 Å². The number of hydrogen-bond donors (Lipinski definition) is 1. The summed E-state index contributed by atoms with van der Waals surface area (Å²) in [5, 5.41) is 3.24. The molecule has 34 heavy (non-hydrogen) atoms. The van der Waals surface area contributed by atoms with Gasteiger partial charge in [-0.15, -0.1) is 0 Å². The van der Waals surface area contributed by atoms with Gasteiger partial charge in [-0.05, 0) is 88.2 Å². The molecule has 1 amide bonds. The average molecular weight is 467 g/mol. The second-order valence-corrected chi connectivity index (χ2v) is 11.3. The second-order valence-electron chi connectivity index (χ2n) is 11.3. The predicted molar refractivity (Wildman–Crippen MR) is 143 cm³/mol. The van der Waals surface area contributed by atoms with Crippen LogP contribution in [0, 0.1) is 11.8 Å². The number of carbonyl (C=O) groups excluding carboxylic acids is 1. The average Bonchev–Trinajstić information content (AvgIpc) is 2.76. The normalized spacial score (nSPS) is 12.9. The van der Waals surface area contributed by atoms with Crippen LogP contribution in [0.4, 0.5) is 0 Å². The van der Waals surface area contributed by atoms with Crippen molar-refractivity contribution in [1.82, 2.24) is 10.2 Å². The van der Waals surface area contributed by atoms with E-state index in [9.17, 15) is 4.79 Å². The van der Waals surface area contributed by atoms with Crippen LogP contribution >= 0.6 is 0 Å². The van der Waals surface area contributed by atoms with E-state index in [1.54, 1.807) is 0 Å². The SMILES string of the molecule is CC(C)CCN(CCC(C)C)[C@@H](Cc1ccc(OCc2ccccc2)cc1)C(=O)NC(C)(C)C. The fourth-order valence-corrected chi connectivity index (χ4v) is 3.80. The first-order valence-corrected chi connectivity index (χ1v) is 12.8. The van der Waals surface area contributed by atoms with E-state index in [2.05, 4.69) is 62.2 Å². The van der Waals surface area contributed by atoms with Gasteiger partial charge in [0.15, 0.2) is 0 Å². The molecule has 0 bridgehead atoms. The summed E-state index contributed by atoms with van der Waals surface area (Å²) in [6.07, 6.45) is 2.87. The Morgan fingerprint density at radius 2 is 1.41 bits per heavy atom. The van der Waals surface area contributed by atoms with Crippen molar-refractivity contribution in [2.24, 2.45) is 11.8 Å². The minimum absolute atomic E-state index is 0.115. The Morgan fingerprint density at radius 3 is 1.91 bits per heavy atom. The van der Waals surface area contributed by atoms with Crippen molar-refractivity contribution in [3.63, 3.8) is 0 Å². The van der Waals surface area contributed by atoms with Gasteiger partial charge in [0.1, 0.15) is 12.4 Å². The Labute approximate surface area is 208 Å². The van der Waals surface area contributed by atoms with Crippen LogP contribution in [0.1, 0.15) is 72.4 Å². The molecule has 188 valence electrons. The summed E-state index contributed by atoms with van der Waals surface area (Å²) >= 11 is 0. The van der Waals surface area contributed by atoms with Crippen molar-refractivity contribution in [3.8, 4) is 5.75 Å². The number of carbonyl (C=O) groups is 1. The van der Waals surface area contributed by atoms with Crippen molar-refractivity contribution < 1.29 is 9.53 Å². The molecule has 0 spiro atoms. The number of benzene rings is 2. The number of nitrogens with one attached hydrogen (secondary N) is 1. The standard InChI is InChI=1S/C30H46N2O2/c1-23(2)17-19-32(20-18-24(3)4)28(29(33)31-30(5,6)7)21-25-13-15-27(16-14-25)34-22-26-11-9-8-10-12-26/h8-16,23-24,28H,17-22H2,1-7H3,(H,31,33)/t28-/m0/s1. The van der Waals surface area contributed by atoms with Gasteiger partial charge < -0.3 is 10.1 Å². The number of rotatable bonds is 13. The first kappa shape index (κ1) is 27.9. The molecule has 0 aliphatic rings. The van der Waals surface area contributed by atoms with Crippen LogP contribution in [-0.2, 0) is 17.8 Å². The summed E-state index contributed by atoms with van der Waals surface area (Å²) in [7, 11) is 0. The van der Waals surface area contributed by atoms with Crippen LogP contribution in [0.2, 0.25) is 0 Å². The maximum Gasteiger partial charge on any atom is 0.238 e. The van der Waals surface area contributed by atoms with E-state index in [0.29, 0.717) is 24.9 Å². The van der Waals surface area contributed by atoms with Crippen LogP contribution in [0.5, 0.6) is 5.75 Å². The Balaban J connectivity index is 2.15. The van der Waals surface area contributed by atoms with Gasteiger partial charge in [0.2, 0.25) is 5.91 Å². The zero-order valence-electron chi connectivity index (χ0n) is 22.4. The molecule has 0 radical (unpaired) electrons. The molecular weight excluding hydrogens is 420 g/mol. The van der Waals surface area contributed by atoms with Crippen LogP contribution in [0.25, 0.3) is 0 Å². The molecule has 0 unspecified atom stereocenters. The highest BCUT2D eigenvalue weighted by atomic mass is 16.5. The molecule has 0 saturated heterocycles. The van der Waals surface area contributed by atoms with E-state index in [-0.39, 0.29) is 17.5 Å². The lowest BCUT2D eigenvalue weighted by Crippen LogP contribution is -2.53. The molecule has 4 nitrogen and oxygen atoms in total. The van der Waals surface area contributed by atoms with E-state index in [1.807, 2.05) is 51.1 Å². The zero-order valence-corrected chi connectivity index (χ0v) is 22.4. The van der Waals surface area contributed by atoms with Crippen LogP contribution in [0.3, 0.4) is 0 Å². The molecule has 0 aliphatic carbocycles. The van der Waals surface area contributed by atoms with E-state index < -0.39 is 0 Å². The monoisotopic (exact) mass is 466 g/mol. The number of ether oxygens (including phenoxy) is 1. The van der Waals surface area contributed by atoms with Gasteiger partial charge in [-0.3, -0.25) is 9.69 Å². The lowest BCUT2D eigenvalue weighted by atomic mass is 9.99. The third-order valence-corrected chi connectivity index (χ3v) is 5.83. The topological polar surface area (TPSA) is 41.6 Å². The van der Waals surface area contributed by atoms with Crippen molar-refractivity contribution in [1.29, 1.82) is 0 Å². The lowest BCUT2D eigenvalue weighted by molar-refractivity contribution is -0.128. The van der Waals surface area contributed by atoms with E-state index in [1.165, 1.54) is 0 Å². The van der Waals surface area contributed by atoms with E-state index in [0.717, 1.165) is 42.8 Å². The molecule has 0 saturated carbocycles. The van der Waals surface area contributed by atoms with Crippen LogP contribution in [-0.4, -0.2) is 35.5 Å². The highest BCUT2D eigenvalue weighted by Gasteiger charge is 2.29. The van der Waals surface area contributed by atoms with Crippen molar-refractivity contribution in [2.45, 2.75) is 85.9 Å². The maximum atomic E-state index is 13.4. The third kappa shape index (κ3) is 10.7. The van der Waals surface area contributed by atoms with E-state index in [4.69, 9.17) is 4.74 Å². The highest BCUT2D eigenvalue weighted by molar-refractivity contribution is 5.82. The van der Waals surface area contributed by atoms with Crippen LogP contribution in [0.15, 0.2) is 54.6 Å². The quantitative estimate of drug-likeness (QED) is 0.367. The third-order valence-electron chi connectivity index (χ3n) is 5.83. The minimum Gasteiger partial charge on any atom is -0.489 e.